The fourth-order valence-electron chi connectivity index (χ4n) is 2.69. The van der Waals surface area contributed by atoms with E-state index in [4.69, 9.17) is 46.4 Å². The molecule has 2 aliphatic rings. The smallest absolute Gasteiger partial charge is 0.346 e. The van der Waals surface area contributed by atoms with Gasteiger partial charge in [-0.3, -0.25) is 0 Å². The van der Waals surface area contributed by atoms with Crippen LogP contribution < -0.4 is 5.32 Å². The summed E-state index contributed by atoms with van der Waals surface area (Å²) in [5.41, 5.74) is -2.63. The first-order valence-electron chi connectivity index (χ1n) is 8.30. The number of alkyl halides is 8. The number of rotatable bonds is 4. The van der Waals surface area contributed by atoms with Crippen molar-refractivity contribution in [2.24, 2.45) is 0 Å². The molecule has 2 atom stereocenters. The Hall–Kier alpha value is -1.18. The summed E-state index contributed by atoms with van der Waals surface area (Å²) >= 11 is 23.8. The van der Waals surface area contributed by atoms with Gasteiger partial charge in [-0.25, -0.2) is 0 Å². The Morgan fingerprint density at radius 2 is 1.50 bits per heavy atom. The molecule has 0 bridgehead atoms. The molecule has 0 amide bonds. The SMILES string of the molecule is CN(C(=C=C(NC1=C(Cl)C=CC[C@@H]1Cl)C(F)(F)F)C(F)(F)F)C1=C(Cl)C=CC[C@H]1Cl. The van der Waals surface area contributed by atoms with Crippen LogP contribution in [0, 0.1) is 0 Å². The van der Waals surface area contributed by atoms with Gasteiger partial charge < -0.3 is 10.2 Å². The van der Waals surface area contributed by atoms with Crippen LogP contribution in [-0.4, -0.2) is 35.1 Å². The molecule has 2 nitrogen and oxygen atoms in total. The Balaban J connectivity index is 2.69. The summed E-state index contributed by atoms with van der Waals surface area (Å²) in [4.78, 5) is 0.450. The molecule has 0 radical (unpaired) electrons. The molecule has 0 aromatic heterocycles. The molecule has 0 fully saturated rings. The van der Waals surface area contributed by atoms with Gasteiger partial charge in [-0.1, -0.05) is 41.1 Å². The lowest BCUT2D eigenvalue weighted by atomic mass is 10.1. The highest BCUT2D eigenvalue weighted by Gasteiger charge is 2.42. The van der Waals surface area contributed by atoms with E-state index in [-0.39, 0.29) is 34.3 Å². The maximum atomic E-state index is 13.7. The van der Waals surface area contributed by atoms with Gasteiger partial charge in [0.25, 0.3) is 0 Å². The lowest BCUT2D eigenvalue weighted by molar-refractivity contribution is -0.108. The third kappa shape index (κ3) is 5.95. The standard InChI is InChI=1S/C18H14Cl4F6N2/c1-30(16-11(21)6-3-7-12(16)22)14(18(26,27)28)8-13(17(23,24)25)29-15-9(19)4-2-5-10(15)20/h2-4,6,10,12,29H,5,7H2,1H3/t8?,10-,12+/m0/s1. The minimum Gasteiger partial charge on any atom is -0.346 e. The van der Waals surface area contributed by atoms with E-state index in [0.717, 1.165) is 7.05 Å². The second-order valence-corrected chi connectivity index (χ2v) is 8.10. The highest BCUT2D eigenvalue weighted by atomic mass is 35.5. The third-order valence-electron chi connectivity index (χ3n) is 4.08. The van der Waals surface area contributed by atoms with E-state index in [2.05, 4.69) is 0 Å². The average molecular weight is 514 g/mol. The number of nitrogens with zero attached hydrogens (tertiary/aromatic N) is 1. The van der Waals surface area contributed by atoms with Crippen LogP contribution in [0.25, 0.3) is 0 Å². The first-order chi connectivity index (χ1) is 13.7. The molecule has 0 spiro atoms. The second kappa shape index (κ2) is 9.53. The number of nitrogens with one attached hydrogen (secondary N) is 1. The summed E-state index contributed by atoms with van der Waals surface area (Å²) in [7, 11) is 0.913. The van der Waals surface area contributed by atoms with Crippen LogP contribution >= 0.6 is 46.4 Å². The zero-order chi connectivity index (χ0) is 22.9. The normalized spacial score (nSPS) is 22.2. The van der Waals surface area contributed by atoms with Crippen molar-refractivity contribution in [1.29, 1.82) is 0 Å². The van der Waals surface area contributed by atoms with Crippen LogP contribution in [0.3, 0.4) is 0 Å². The molecule has 0 aliphatic heterocycles. The Kier molecular flexibility index (Phi) is 7.97. The van der Waals surface area contributed by atoms with Crippen molar-refractivity contribution in [2.45, 2.75) is 35.9 Å². The van der Waals surface area contributed by atoms with Crippen LogP contribution in [0.5, 0.6) is 0 Å². The van der Waals surface area contributed by atoms with Gasteiger partial charge >= 0.3 is 12.4 Å². The van der Waals surface area contributed by atoms with Gasteiger partial charge in [0.05, 0.1) is 32.2 Å². The highest BCUT2D eigenvalue weighted by Crippen LogP contribution is 2.37. The van der Waals surface area contributed by atoms with Crippen LogP contribution in [0.15, 0.2) is 62.9 Å². The van der Waals surface area contributed by atoms with E-state index in [1.807, 2.05) is 5.32 Å². The molecule has 1 N–H and O–H groups in total. The van der Waals surface area contributed by atoms with Crippen molar-refractivity contribution in [3.05, 3.63) is 62.9 Å². The zero-order valence-corrected chi connectivity index (χ0v) is 18.1. The van der Waals surface area contributed by atoms with Crippen molar-refractivity contribution in [3.8, 4) is 0 Å². The van der Waals surface area contributed by atoms with E-state index in [1.165, 1.54) is 24.0 Å². The molecule has 30 heavy (non-hydrogen) atoms. The van der Waals surface area contributed by atoms with Gasteiger partial charge in [0.15, 0.2) is 11.4 Å². The number of hydrogen-bond donors (Lipinski definition) is 1. The molecule has 0 aromatic carbocycles. The lowest BCUT2D eigenvalue weighted by Crippen LogP contribution is -2.34. The minimum atomic E-state index is -5.22. The quantitative estimate of drug-likeness (QED) is 0.246. The fourth-order valence-corrected chi connectivity index (χ4v) is 4.05. The first kappa shape index (κ1) is 25.1. The van der Waals surface area contributed by atoms with Crippen molar-refractivity contribution in [1.82, 2.24) is 10.2 Å². The molecule has 12 heteroatoms. The van der Waals surface area contributed by atoms with Crippen molar-refractivity contribution in [2.75, 3.05) is 7.05 Å². The van der Waals surface area contributed by atoms with E-state index in [9.17, 15) is 26.3 Å². The molecule has 0 saturated carbocycles. The predicted octanol–water partition coefficient (Wildman–Crippen LogP) is 7.03. The predicted molar refractivity (Wildman–Crippen MR) is 106 cm³/mol. The van der Waals surface area contributed by atoms with E-state index in [1.54, 1.807) is 6.08 Å². The second-order valence-electron chi connectivity index (χ2n) is 6.23. The van der Waals surface area contributed by atoms with E-state index < -0.39 is 34.5 Å². The zero-order valence-electron chi connectivity index (χ0n) is 15.1. The molecule has 0 aromatic rings. The van der Waals surface area contributed by atoms with Gasteiger partial charge in [-0.15, -0.1) is 23.2 Å². The average Bonchev–Trinajstić information content (AvgIpc) is 2.58. The molecule has 0 unspecified atom stereocenters. The van der Waals surface area contributed by atoms with Crippen LogP contribution in [0.4, 0.5) is 26.3 Å². The van der Waals surface area contributed by atoms with Crippen LogP contribution in [0.1, 0.15) is 12.8 Å². The van der Waals surface area contributed by atoms with Gasteiger partial charge in [0.2, 0.25) is 0 Å². The Morgan fingerprint density at radius 1 is 0.967 bits per heavy atom. The molecule has 0 saturated heterocycles. The number of halogens is 10. The van der Waals surface area contributed by atoms with Crippen molar-refractivity contribution >= 4 is 46.4 Å². The summed E-state index contributed by atoms with van der Waals surface area (Å²) in [5.74, 6) is 0. The summed E-state index contributed by atoms with van der Waals surface area (Å²) < 4.78 is 81.8. The Labute approximate surface area is 188 Å². The van der Waals surface area contributed by atoms with E-state index >= 15 is 0 Å². The first-order valence-corrected chi connectivity index (χ1v) is 9.93. The summed E-state index contributed by atoms with van der Waals surface area (Å²) in [5, 5.41) is -0.359. The number of hydrogen-bond acceptors (Lipinski definition) is 2. The van der Waals surface area contributed by atoms with Gasteiger partial charge in [-0.2, -0.15) is 26.3 Å². The third-order valence-corrected chi connectivity index (χ3v) is 5.51. The maximum absolute atomic E-state index is 13.7. The van der Waals surface area contributed by atoms with E-state index in [0.29, 0.717) is 4.90 Å². The minimum absolute atomic E-state index is 0.127. The molecule has 166 valence electrons. The fraction of sp³-hybridized carbons (Fsp3) is 0.389. The topological polar surface area (TPSA) is 15.3 Å². The largest absolute Gasteiger partial charge is 0.439 e. The molecule has 2 aliphatic carbocycles. The summed E-state index contributed by atoms with van der Waals surface area (Å²) in [6.07, 6.45) is -4.44. The van der Waals surface area contributed by atoms with Crippen LogP contribution in [-0.2, 0) is 0 Å². The Morgan fingerprint density at radius 3 is 1.97 bits per heavy atom. The van der Waals surface area contributed by atoms with Crippen molar-refractivity contribution in [3.63, 3.8) is 0 Å². The summed E-state index contributed by atoms with van der Waals surface area (Å²) in [6.45, 7) is 0. The van der Waals surface area contributed by atoms with Crippen LogP contribution in [0.2, 0.25) is 0 Å². The lowest BCUT2D eigenvalue weighted by Gasteiger charge is -2.30. The number of allylic oxidation sites excluding steroid dienone is 9. The van der Waals surface area contributed by atoms with Crippen molar-refractivity contribution < 1.29 is 26.3 Å². The van der Waals surface area contributed by atoms with Gasteiger partial charge in [0.1, 0.15) is 0 Å². The molecular weight excluding hydrogens is 500 g/mol. The monoisotopic (exact) mass is 512 g/mol. The highest BCUT2D eigenvalue weighted by molar-refractivity contribution is 6.33. The summed E-state index contributed by atoms with van der Waals surface area (Å²) in [6, 6.07) is 0. The maximum Gasteiger partial charge on any atom is 0.439 e. The Bertz CT molecular complexity index is 876. The van der Waals surface area contributed by atoms with Gasteiger partial charge in [0, 0.05) is 7.05 Å². The molecule has 0 heterocycles. The van der Waals surface area contributed by atoms with Gasteiger partial charge in [-0.05, 0) is 25.0 Å². The molecule has 2 rings (SSSR count). The molecular formula is C18H14Cl4F6N2.